The van der Waals surface area contributed by atoms with Gasteiger partial charge in [-0.15, -0.1) is 11.3 Å². The monoisotopic (exact) mass is 387 g/mol. The van der Waals surface area contributed by atoms with Crippen LogP contribution in [0, 0.1) is 5.92 Å². The molecule has 0 spiro atoms. The summed E-state index contributed by atoms with van der Waals surface area (Å²) in [6.07, 6.45) is 0.928. The molecule has 5 nitrogen and oxygen atoms in total. The van der Waals surface area contributed by atoms with E-state index in [1.54, 1.807) is 25.6 Å². The Balaban J connectivity index is 2.67. The van der Waals surface area contributed by atoms with Crippen LogP contribution >= 0.6 is 11.3 Å². The average Bonchev–Trinajstić information content (AvgIpc) is 3.00. The molecule has 0 amide bonds. The van der Waals surface area contributed by atoms with Crippen molar-refractivity contribution in [2.45, 2.75) is 34.1 Å². The van der Waals surface area contributed by atoms with Gasteiger partial charge in [0, 0.05) is 16.7 Å². The Kier molecular flexibility index (Phi) is 7.42. The number of hydrogen-bond acceptors (Lipinski definition) is 5. The molecular formula is C21H29N3O2S. The minimum absolute atomic E-state index is 0.540. The van der Waals surface area contributed by atoms with Gasteiger partial charge < -0.3 is 9.47 Å². The summed E-state index contributed by atoms with van der Waals surface area (Å²) in [7, 11) is 3.33. The van der Waals surface area contributed by atoms with Crippen LogP contribution in [0.4, 0.5) is 0 Å². The zero-order chi connectivity index (χ0) is 20.0. The molecule has 0 unspecified atom stereocenters. The lowest BCUT2D eigenvalue weighted by Gasteiger charge is -2.12. The smallest absolute Gasteiger partial charge is 0.206 e. The lowest BCUT2D eigenvalue weighted by atomic mass is 10.1. The van der Waals surface area contributed by atoms with Crippen LogP contribution in [0.3, 0.4) is 0 Å². The Hall–Kier alpha value is -2.34. The van der Waals surface area contributed by atoms with Crippen LogP contribution in [0.1, 0.15) is 34.1 Å². The molecule has 0 aliphatic heterocycles. The minimum atomic E-state index is 0.540. The van der Waals surface area contributed by atoms with Gasteiger partial charge in [-0.1, -0.05) is 26.0 Å². The highest BCUT2D eigenvalue weighted by Crippen LogP contribution is 2.33. The van der Waals surface area contributed by atoms with Gasteiger partial charge in [0.15, 0.2) is 0 Å². The van der Waals surface area contributed by atoms with Crippen LogP contribution in [-0.2, 0) is 0 Å². The van der Waals surface area contributed by atoms with Gasteiger partial charge in [-0.25, -0.2) is 4.68 Å². The van der Waals surface area contributed by atoms with E-state index in [-0.39, 0.29) is 0 Å². The summed E-state index contributed by atoms with van der Waals surface area (Å²) in [4.78, 5) is 5.52. The van der Waals surface area contributed by atoms with E-state index >= 15 is 0 Å². The number of methoxy groups -OCH3 is 2. The highest BCUT2D eigenvalue weighted by Gasteiger charge is 2.14. The standard InChI is InChI=1S/C21H29N3O2S/c1-14(2)10-16(5)23-24-19(13-27-21(24)22-12-15(3)4)18-11-17(25-6)8-9-20(18)26-7/h8-9,11,13-14H,3,10,12H2,1-2,4-7H3. The van der Waals surface area contributed by atoms with E-state index in [1.165, 1.54) is 0 Å². The van der Waals surface area contributed by atoms with E-state index in [2.05, 4.69) is 37.7 Å². The van der Waals surface area contributed by atoms with Gasteiger partial charge in [0.25, 0.3) is 0 Å². The largest absolute Gasteiger partial charge is 0.497 e. The van der Waals surface area contributed by atoms with Crippen LogP contribution in [0.5, 0.6) is 11.5 Å². The van der Waals surface area contributed by atoms with Crippen molar-refractivity contribution in [1.82, 2.24) is 4.68 Å². The van der Waals surface area contributed by atoms with Crippen molar-refractivity contribution >= 4 is 17.0 Å². The van der Waals surface area contributed by atoms with Crippen molar-refractivity contribution < 1.29 is 9.47 Å². The van der Waals surface area contributed by atoms with Crippen molar-refractivity contribution in [2.75, 3.05) is 20.8 Å². The second kappa shape index (κ2) is 9.55. The van der Waals surface area contributed by atoms with Gasteiger partial charge in [0.05, 0.1) is 26.5 Å². The van der Waals surface area contributed by atoms with Crippen molar-refractivity contribution in [3.05, 3.63) is 40.5 Å². The van der Waals surface area contributed by atoms with E-state index in [1.807, 2.05) is 29.8 Å². The molecule has 0 N–H and O–H groups in total. The van der Waals surface area contributed by atoms with Crippen LogP contribution in [0.2, 0.25) is 0 Å². The summed E-state index contributed by atoms with van der Waals surface area (Å²) < 4.78 is 12.9. The van der Waals surface area contributed by atoms with E-state index in [9.17, 15) is 0 Å². The minimum Gasteiger partial charge on any atom is -0.497 e. The fourth-order valence-electron chi connectivity index (χ4n) is 2.71. The number of aromatic nitrogens is 1. The first-order chi connectivity index (χ1) is 12.8. The molecule has 1 aromatic carbocycles. The topological polar surface area (TPSA) is 48.1 Å². The molecule has 0 aliphatic rings. The lowest BCUT2D eigenvalue weighted by Crippen LogP contribution is -2.15. The predicted molar refractivity (Wildman–Crippen MR) is 114 cm³/mol. The molecule has 2 rings (SSSR count). The molecule has 27 heavy (non-hydrogen) atoms. The first-order valence-electron chi connectivity index (χ1n) is 8.98. The summed E-state index contributed by atoms with van der Waals surface area (Å²) in [5.41, 5.74) is 3.92. The third-order valence-corrected chi connectivity index (χ3v) is 4.68. The maximum atomic E-state index is 5.57. The first-order valence-corrected chi connectivity index (χ1v) is 9.86. The van der Waals surface area contributed by atoms with Gasteiger partial charge in [-0.2, -0.15) is 5.10 Å². The van der Waals surface area contributed by atoms with E-state index < -0.39 is 0 Å². The maximum Gasteiger partial charge on any atom is 0.206 e. The fourth-order valence-corrected chi connectivity index (χ4v) is 3.53. The third kappa shape index (κ3) is 5.57. The van der Waals surface area contributed by atoms with Gasteiger partial charge in [-0.3, -0.25) is 4.99 Å². The molecular weight excluding hydrogens is 358 g/mol. The normalized spacial score (nSPS) is 12.6. The lowest BCUT2D eigenvalue weighted by molar-refractivity contribution is 0.404. The first kappa shape index (κ1) is 21.0. The molecule has 0 saturated heterocycles. The number of rotatable bonds is 8. The maximum absolute atomic E-state index is 5.57. The number of ether oxygens (including phenoxy) is 2. The highest BCUT2D eigenvalue weighted by molar-refractivity contribution is 7.07. The zero-order valence-corrected chi connectivity index (χ0v) is 17.9. The molecule has 0 radical (unpaired) electrons. The molecule has 6 heteroatoms. The number of benzene rings is 1. The van der Waals surface area contributed by atoms with Crippen molar-refractivity contribution in [2.24, 2.45) is 16.0 Å². The van der Waals surface area contributed by atoms with Crippen molar-refractivity contribution in [3.8, 4) is 22.8 Å². The highest BCUT2D eigenvalue weighted by atomic mass is 32.1. The van der Waals surface area contributed by atoms with Crippen LogP contribution in [0.15, 0.2) is 45.8 Å². The van der Waals surface area contributed by atoms with Crippen molar-refractivity contribution in [1.29, 1.82) is 0 Å². The molecule has 0 fully saturated rings. The Morgan fingerprint density at radius 1 is 1.22 bits per heavy atom. The second-order valence-electron chi connectivity index (χ2n) is 6.99. The van der Waals surface area contributed by atoms with E-state index in [4.69, 9.17) is 14.6 Å². The molecule has 0 saturated carbocycles. The molecule has 0 atom stereocenters. The third-order valence-electron chi connectivity index (χ3n) is 3.83. The zero-order valence-electron chi connectivity index (χ0n) is 17.1. The van der Waals surface area contributed by atoms with E-state index in [0.717, 1.165) is 45.3 Å². The number of nitrogens with zero attached hydrogens (tertiary/aromatic N) is 3. The Morgan fingerprint density at radius 3 is 2.56 bits per heavy atom. The van der Waals surface area contributed by atoms with Crippen LogP contribution in [-0.4, -0.2) is 31.2 Å². The summed E-state index contributed by atoms with van der Waals surface area (Å²) >= 11 is 1.56. The van der Waals surface area contributed by atoms with Gasteiger partial charge >= 0.3 is 0 Å². The average molecular weight is 388 g/mol. The fraction of sp³-hybridized carbons (Fsp3) is 0.429. The quantitative estimate of drug-likeness (QED) is 0.474. The molecule has 0 aliphatic carbocycles. The van der Waals surface area contributed by atoms with Crippen LogP contribution < -0.4 is 14.3 Å². The number of thiazole rings is 1. The summed E-state index contributed by atoms with van der Waals surface area (Å²) in [5, 5.41) is 6.92. The molecule has 0 bridgehead atoms. The Morgan fingerprint density at radius 2 is 1.96 bits per heavy atom. The van der Waals surface area contributed by atoms with Gasteiger partial charge in [0.2, 0.25) is 4.80 Å². The van der Waals surface area contributed by atoms with Gasteiger partial charge in [-0.05, 0) is 44.4 Å². The number of hydrogen-bond donors (Lipinski definition) is 0. The Labute approximate surface area is 165 Å². The summed E-state index contributed by atoms with van der Waals surface area (Å²) in [5.74, 6) is 2.08. The predicted octanol–water partition coefficient (Wildman–Crippen LogP) is 4.98. The second-order valence-corrected chi connectivity index (χ2v) is 7.82. The van der Waals surface area contributed by atoms with Crippen molar-refractivity contribution in [3.63, 3.8) is 0 Å². The molecule has 2 aromatic rings. The molecule has 146 valence electrons. The molecule has 1 heterocycles. The summed E-state index contributed by atoms with van der Waals surface area (Å²) in [6, 6.07) is 5.76. The van der Waals surface area contributed by atoms with Crippen LogP contribution in [0.25, 0.3) is 11.3 Å². The van der Waals surface area contributed by atoms with E-state index in [0.29, 0.717) is 12.5 Å². The summed E-state index contributed by atoms with van der Waals surface area (Å²) in [6.45, 7) is 12.9. The SMILES string of the molecule is C=C(C)CN=c1scc(-c2cc(OC)ccc2OC)n1N=C(C)CC(C)C. The Bertz CT molecular complexity index is 891. The molecule has 1 aromatic heterocycles. The van der Waals surface area contributed by atoms with Gasteiger partial charge in [0.1, 0.15) is 11.5 Å².